The minimum Gasteiger partial charge on any atom is -0.433 e. The number of hydrogen-bond donors (Lipinski definition) is 2. The first kappa shape index (κ1) is 26.7. The molecule has 3 rings (SSSR count). The van der Waals surface area contributed by atoms with Crippen molar-refractivity contribution in [3.63, 3.8) is 0 Å². The highest BCUT2D eigenvalue weighted by molar-refractivity contribution is 14.1. The van der Waals surface area contributed by atoms with Gasteiger partial charge in [0, 0.05) is 27.0 Å². The number of carbonyl (C=O) groups is 1. The lowest BCUT2D eigenvalue weighted by atomic mass is 9.88. The topological polar surface area (TPSA) is 77.2 Å². The fourth-order valence-electron chi connectivity index (χ4n) is 3.22. The molecule has 5 nitrogen and oxygen atoms in total. The van der Waals surface area contributed by atoms with Crippen molar-refractivity contribution < 1.29 is 44.7 Å². The number of amides is 1. The summed E-state index contributed by atoms with van der Waals surface area (Å²) in [5.74, 6) is -6.81. The maximum absolute atomic E-state index is 14.8. The second-order valence-electron chi connectivity index (χ2n) is 7.35. The molecule has 0 saturated heterocycles. The molecule has 35 heavy (non-hydrogen) atoms. The van der Waals surface area contributed by atoms with Gasteiger partial charge in [-0.25, -0.2) is 18.2 Å². The third-order valence-electron chi connectivity index (χ3n) is 4.87. The summed E-state index contributed by atoms with van der Waals surface area (Å²) in [4.78, 5) is 16.8. The zero-order valence-corrected chi connectivity index (χ0v) is 19.5. The molecular formula is C21H14F8IN3O2. The standard InChI is InChI=1S/C21H14F8IN3O2/c1-19(24,25)20(26,21(27,28)29)11-7-12(30)16(14(8-11)35-18(22)23)33-17(34)10-2-4-13-9(6-10)3-5-15(31)32-13/h2-8,18H,1H3,(H2,31,32)(H,33,34). The van der Waals surface area contributed by atoms with Crippen LogP contribution in [0.15, 0.2) is 42.5 Å². The normalized spacial score (nSPS) is 14.1. The van der Waals surface area contributed by atoms with Crippen LogP contribution in [0.4, 0.5) is 46.6 Å². The van der Waals surface area contributed by atoms with Gasteiger partial charge in [0.1, 0.15) is 5.82 Å². The van der Waals surface area contributed by atoms with Crippen LogP contribution in [-0.2, 0) is 5.67 Å². The van der Waals surface area contributed by atoms with Gasteiger partial charge in [-0.05, 0) is 65.1 Å². The highest BCUT2D eigenvalue weighted by Crippen LogP contribution is 2.54. The van der Waals surface area contributed by atoms with E-state index in [1.165, 1.54) is 46.9 Å². The van der Waals surface area contributed by atoms with Crippen LogP contribution >= 0.6 is 22.6 Å². The molecule has 188 valence electrons. The molecule has 1 amide bonds. The number of nitrogen functional groups attached to an aromatic ring is 1. The lowest BCUT2D eigenvalue weighted by Gasteiger charge is -2.33. The average molecular weight is 619 g/mol. The van der Waals surface area contributed by atoms with Crippen LogP contribution in [0.2, 0.25) is 0 Å². The van der Waals surface area contributed by atoms with Gasteiger partial charge in [-0.1, -0.05) is 0 Å². The SMILES string of the molecule is CC(F)(F)C(F)(c1cc(I)c(NC(=O)c2ccc3nc(N)ccc3c2)c(OC(F)F)c1)C(F)(F)F. The molecule has 0 aliphatic heterocycles. The van der Waals surface area contributed by atoms with Crippen LogP contribution < -0.4 is 15.8 Å². The molecule has 1 atom stereocenters. The number of carbonyl (C=O) groups excluding carboxylic acids is 1. The van der Waals surface area contributed by atoms with E-state index in [-0.39, 0.29) is 24.4 Å². The van der Waals surface area contributed by atoms with Crippen LogP contribution in [0.5, 0.6) is 5.75 Å². The van der Waals surface area contributed by atoms with E-state index >= 15 is 0 Å². The summed E-state index contributed by atoms with van der Waals surface area (Å²) < 4.78 is 112. The van der Waals surface area contributed by atoms with Crippen LogP contribution in [0.25, 0.3) is 10.9 Å². The summed E-state index contributed by atoms with van der Waals surface area (Å²) in [5.41, 5.74) is -1.46. The molecule has 0 radical (unpaired) electrons. The fourth-order valence-corrected chi connectivity index (χ4v) is 3.96. The van der Waals surface area contributed by atoms with Crippen molar-refractivity contribution >= 4 is 50.9 Å². The number of halogens is 9. The number of alkyl halides is 8. The number of anilines is 2. The van der Waals surface area contributed by atoms with Gasteiger partial charge < -0.3 is 15.8 Å². The second kappa shape index (κ2) is 9.28. The Morgan fingerprint density at radius 3 is 2.29 bits per heavy atom. The average Bonchev–Trinajstić information content (AvgIpc) is 2.72. The lowest BCUT2D eigenvalue weighted by molar-refractivity contribution is -0.304. The Morgan fingerprint density at radius 1 is 1.06 bits per heavy atom. The largest absolute Gasteiger partial charge is 0.433 e. The van der Waals surface area contributed by atoms with E-state index in [0.717, 1.165) is 0 Å². The predicted molar refractivity (Wildman–Crippen MR) is 119 cm³/mol. The number of pyridine rings is 1. The Labute approximate surface area is 205 Å². The molecule has 0 bridgehead atoms. The molecular weight excluding hydrogens is 605 g/mol. The van der Waals surface area contributed by atoms with E-state index in [0.29, 0.717) is 17.0 Å². The summed E-state index contributed by atoms with van der Waals surface area (Å²) in [6.45, 7) is -3.92. The van der Waals surface area contributed by atoms with Crippen molar-refractivity contribution in [2.75, 3.05) is 11.1 Å². The molecule has 0 spiro atoms. The monoisotopic (exact) mass is 619 g/mol. The van der Waals surface area contributed by atoms with Gasteiger partial charge in [-0.2, -0.15) is 22.0 Å². The summed E-state index contributed by atoms with van der Waals surface area (Å²) in [6.07, 6.45) is -6.11. The first-order chi connectivity index (χ1) is 16.0. The maximum Gasteiger partial charge on any atom is 0.432 e. The van der Waals surface area contributed by atoms with E-state index < -0.39 is 50.9 Å². The summed E-state index contributed by atoms with van der Waals surface area (Å²) in [5, 5.41) is 2.68. The summed E-state index contributed by atoms with van der Waals surface area (Å²) >= 11 is 1.28. The van der Waals surface area contributed by atoms with Gasteiger partial charge in [0.2, 0.25) is 0 Å². The molecule has 14 heteroatoms. The number of nitrogens with zero attached hydrogens (tertiary/aromatic N) is 1. The Bertz CT molecular complexity index is 1260. The number of nitrogens with one attached hydrogen (secondary N) is 1. The predicted octanol–water partition coefficient (Wildman–Crippen LogP) is 6.66. The van der Waals surface area contributed by atoms with Crippen molar-refractivity contribution in [2.45, 2.75) is 31.3 Å². The molecule has 0 aliphatic carbocycles. The van der Waals surface area contributed by atoms with Crippen LogP contribution in [0, 0.1) is 3.57 Å². The van der Waals surface area contributed by atoms with E-state index in [2.05, 4.69) is 15.0 Å². The van der Waals surface area contributed by atoms with Crippen LogP contribution in [-0.4, -0.2) is 29.6 Å². The number of benzene rings is 2. The molecule has 3 aromatic rings. The quantitative estimate of drug-likeness (QED) is 0.239. The molecule has 0 saturated carbocycles. The zero-order chi connectivity index (χ0) is 26.3. The molecule has 1 heterocycles. The summed E-state index contributed by atoms with van der Waals surface area (Å²) in [6, 6.07) is 7.57. The van der Waals surface area contributed by atoms with Crippen LogP contribution in [0.3, 0.4) is 0 Å². The molecule has 2 aromatic carbocycles. The number of aromatic nitrogens is 1. The molecule has 1 unspecified atom stereocenters. The van der Waals surface area contributed by atoms with E-state index in [1.54, 1.807) is 6.07 Å². The van der Waals surface area contributed by atoms with Gasteiger partial charge in [0.05, 0.1) is 11.2 Å². The van der Waals surface area contributed by atoms with Crippen molar-refractivity contribution in [3.8, 4) is 5.75 Å². The Hall–Kier alpha value is -2.91. The van der Waals surface area contributed by atoms with Crippen LogP contribution in [0.1, 0.15) is 22.8 Å². The Morgan fingerprint density at radius 2 is 1.71 bits per heavy atom. The van der Waals surface area contributed by atoms with E-state index in [9.17, 15) is 39.9 Å². The third kappa shape index (κ3) is 5.21. The highest BCUT2D eigenvalue weighted by Gasteiger charge is 2.70. The third-order valence-corrected chi connectivity index (χ3v) is 5.73. The molecule has 3 N–H and O–H groups in total. The van der Waals surface area contributed by atoms with Gasteiger partial charge in [0.25, 0.3) is 17.5 Å². The number of rotatable bonds is 6. The van der Waals surface area contributed by atoms with Gasteiger partial charge in [-0.15, -0.1) is 0 Å². The number of nitrogens with two attached hydrogens (primary N) is 1. The van der Waals surface area contributed by atoms with E-state index in [4.69, 9.17) is 5.73 Å². The maximum atomic E-state index is 14.8. The molecule has 1 aromatic heterocycles. The smallest absolute Gasteiger partial charge is 0.432 e. The highest BCUT2D eigenvalue weighted by atomic mass is 127. The first-order valence-corrected chi connectivity index (χ1v) is 10.5. The van der Waals surface area contributed by atoms with E-state index in [1.807, 2.05) is 0 Å². The van der Waals surface area contributed by atoms with Gasteiger partial charge >= 0.3 is 12.8 Å². The fraction of sp³-hybridized carbons (Fsp3) is 0.238. The first-order valence-electron chi connectivity index (χ1n) is 9.44. The minimum absolute atomic E-state index is 0.0119. The summed E-state index contributed by atoms with van der Waals surface area (Å²) in [7, 11) is 0. The van der Waals surface area contributed by atoms with Crippen molar-refractivity contribution in [1.29, 1.82) is 0 Å². The van der Waals surface area contributed by atoms with Gasteiger partial charge in [0.15, 0.2) is 5.75 Å². The van der Waals surface area contributed by atoms with Crippen molar-refractivity contribution in [2.24, 2.45) is 0 Å². The van der Waals surface area contributed by atoms with Crippen molar-refractivity contribution in [1.82, 2.24) is 4.98 Å². The lowest BCUT2D eigenvalue weighted by Crippen LogP contribution is -2.51. The van der Waals surface area contributed by atoms with Crippen molar-refractivity contribution in [3.05, 3.63) is 57.2 Å². The number of ether oxygens (including phenoxy) is 1. The second-order valence-corrected chi connectivity index (χ2v) is 8.51. The Balaban J connectivity index is 2.08. The Kier molecular flexibility index (Phi) is 7.07. The van der Waals surface area contributed by atoms with Gasteiger partial charge in [-0.3, -0.25) is 4.79 Å². The molecule has 0 aliphatic rings. The molecule has 0 fully saturated rings. The minimum atomic E-state index is -6.11. The number of hydrogen-bond acceptors (Lipinski definition) is 4. The number of fused-ring (bicyclic) bond motifs is 1. The zero-order valence-electron chi connectivity index (χ0n) is 17.4.